The molecule has 0 saturated carbocycles. The number of carbonyl (C=O) groups is 5. The van der Waals surface area contributed by atoms with E-state index in [0.29, 0.717) is 12.0 Å². The summed E-state index contributed by atoms with van der Waals surface area (Å²) in [7, 11) is 0. The third kappa shape index (κ3) is 11.7. The highest BCUT2D eigenvalue weighted by Gasteiger charge is 2.32. The molecule has 0 heterocycles. The minimum absolute atomic E-state index is 0.0182. The van der Waals surface area contributed by atoms with Gasteiger partial charge < -0.3 is 44.0 Å². The number of hydrogen-bond acceptors (Lipinski definition) is 7. The third-order valence-electron chi connectivity index (χ3n) is 5.49. The minimum Gasteiger partial charge on any atom is -0.480 e. The summed E-state index contributed by atoms with van der Waals surface area (Å²) in [5.74, 6) is -4.96. The summed E-state index contributed by atoms with van der Waals surface area (Å²) < 4.78 is 0. The van der Waals surface area contributed by atoms with Crippen LogP contribution in [0.15, 0.2) is 35.3 Å². The maximum Gasteiger partial charge on any atom is 0.326 e. The van der Waals surface area contributed by atoms with E-state index in [1.807, 2.05) is 0 Å². The van der Waals surface area contributed by atoms with Gasteiger partial charge in [-0.25, -0.2) is 4.79 Å². The first-order valence-electron chi connectivity index (χ1n) is 12.1. The Bertz CT molecular complexity index is 997. The van der Waals surface area contributed by atoms with Gasteiger partial charge in [-0.05, 0) is 24.3 Å². The van der Waals surface area contributed by atoms with Gasteiger partial charge in [0.15, 0.2) is 5.96 Å². The number of nitrogens with one attached hydrogen (secondary N) is 3. The molecular formula is C24H38N8O6. The fraction of sp³-hybridized carbons (Fsp3) is 0.500. The van der Waals surface area contributed by atoms with Crippen LogP contribution >= 0.6 is 0 Å². The number of benzene rings is 1. The van der Waals surface area contributed by atoms with Gasteiger partial charge in [-0.2, -0.15) is 0 Å². The van der Waals surface area contributed by atoms with E-state index in [1.54, 1.807) is 44.2 Å². The topological polar surface area (TPSA) is 258 Å². The third-order valence-corrected chi connectivity index (χ3v) is 5.49. The number of carboxylic acid groups (broad SMARTS) is 1. The highest BCUT2D eigenvalue weighted by Crippen LogP contribution is 2.08. The molecule has 14 nitrogen and oxygen atoms in total. The van der Waals surface area contributed by atoms with E-state index in [-0.39, 0.29) is 25.3 Å². The summed E-state index contributed by atoms with van der Waals surface area (Å²) >= 11 is 0. The molecule has 0 aromatic heterocycles. The Morgan fingerprint density at radius 3 is 2.00 bits per heavy atom. The van der Waals surface area contributed by atoms with Gasteiger partial charge >= 0.3 is 5.97 Å². The van der Waals surface area contributed by atoms with Crippen molar-refractivity contribution in [3.63, 3.8) is 0 Å². The SMILES string of the molecule is CC(C)C(NC(=O)C(Cc1ccccc1)NC(=O)C(CC(N)=O)NC(=O)C(N)CCCN=C(N)N)C(=O)O. The van der Waals surface area contributed by atoms with Crippen LogP contribution in [-0.2, 0) is 30.4 Å². The molecule has 0 aliphatic rings. The van der Waals surface area contributed by atoms with E-state index in [1.165, 1.54) is 0 Å². The van der Waals surface area contributed by atoms with Crippen LogP contribution < -0.4 is 38.9 Å². The lowest BCUT2D eigenvalue weighted by molar-refractivity contribution is -0.143. The molecular weight excluding hydrogens is 496 g/mol. The average Bonchev–Trinajstić information content (AvgIpc) is 2.83. The van der Waals surface area contributed by atoms with Crippen LogP contribution in [0.1, 0.15) is 38.7 Å². The fourth-order valence-corrected chi connectivity index (χ4v) is 3.44. The van der Waals surface area contributed by atoms with Gasteiger partial charge in [-0.3, -0.25) is 24.2 Å². The van der Waals surface area contributed by atoms with Gasteiger partial charge in [-0.1, -0.05) is 44.2 Å². The summed E-state index contributed by atoms with van der Waals surface area (Å²) in [4.78, 5) is 65.8. The molecule has 4 atom stereocenters. The van der Waals surface area contributed by atoms with Gasteiger partial charge in [0.05, 0.1) is 12.5 Å². The number of nitrogens with two attached hydrogens (primary N) is 4. The predicted molar refractivity (Wildman–Crippen MR) is 140 cm³/mol. The maximum absolute atomic E-state index is 13.1. The zero-order valence-corrected chi connectivity index (χ0v) is 21.6. The van der Waals surface area contributed by atoms with Crippen LogP contribution in [0, 0.1) is 5.92 Å². The van der Waals surface area contributed by atoms with Gasteiger partial charge in [0, 0.05) is 13.0 Å². The van der Waals surface area contributed by atoms with E-state index in [4.69, 9.17) is 22.9 Å². The van der Waals surface area contributed by atoms with Crippen molar-refractivity contribution in [1.82, 2.24) is 16.0 Å². The molecule has 4 amide bonds. The summed E-state index contributed by atoms with van der Waals surface area (Å²) in [5, 5.41) is 16.8. The van der Waals surface area contributed by atoms with E-state index in [0.717, 1.165) is 0 Å². The zero-order chi connectivity index (χ0) is 28.8. The molecule has 0 radical (unpaired) electrons. The predicted octanol–water partition coefficient (Wildman–Crippen LogP) is -2.32. The number of nitrogens with zero attached hydrogens (tertiary/aromatic N) is 1. The number of primary amides is 1. The number of hydrogen-bond donors (Lipinski definition) is 8. The molecule has 0 fully saturated rings. The number of carbonyl (C=O) groups excluding carboxylic acids is 4. The van der Waals surface area contributed by atoms with Crippen molar-refractivity contribution in [2.24, 2.45) is 33.8 Å². The van der Waals surface area contributed by atoms with Crippen molar-refractivity contribution in [2.75, 3.05) is 6.54 Å². The van der Waals surface area contributed by atoms with Crippen LogP contribution in [-0.4, -0.2) is 71.4 Å². The summed E-state index contributed by atoms with van der Waals surface area (Å²) in [5.41, 5.74) is 22.3. The van der Waals surface area contributed by atoms with Crippen LogP contribution in [0.5, 0.6) is 0 Å². The Hall–Kier alpha value is -4.20. The number of amides is 4. The normalized spacial score (nSPS) is 13.9. The molecule has 1 aromatic rings. The highest BCUT2D eigenvalue weighted by atomic mass is 16.4. The summed E-state index contributed by atoms with van der Waals surface area (Å²) in [6, 6.07) is 3.85. The average molecular weight is 535 g/mol. The Morgan fingerprint density at radius 1 is 0.895 bits per heavy atom. The highest BCUT2D eigenvalue weighted by molar-refractivity contribution is 5.96. The molecule has 38 heavy (non-hydrogen) atoms. The van der Waals surface area contributed by atoms with Crippen molar-refractivity contribution in [3.8, 4) is 0 Å². The number of aliphatic carboxylic acids is 1. The monoisotopic (exact) mass is 534 g/mol. The van der Waals surface area contributed by atoms with Crippen LogP contribution in [0.4, 0.5) is 0 Å². The van der Waals surface area contributed by atoms with Crippen LogP contribution in [0.2, 0.25) is 0 Å². The first-order valence-corrected chi connectivity index (χ1v) is 12.1. The first kappa shape index (κ1) is 31.8. The Balaban J connectivity index is 3.04. The molecule has 1 rings (SSSR count). The minimum atomic E-state index is -1.42. The Morgan fingerprint density at radius 2 is 1.47 bits per heavy atom. The molecule has 0 aliphatic carbocycles. The standard InChI is InChI=1S/C24H38N8O6/c1-13(2)19(23(37)38)32-22(36)16(11-14-7-4-3-5-8-14)31-21(35)17(12-18(26)33)30-20(34)15(25)9-6-10-29-24(27)28/h3-5,7-8,13,15-17,19H,6,9-12,25H2,1-2H3,(H2,26,33)(H,30,34)(H,31,35)(H,32,36)(H,37,38)(H4,27,28,29). The lowest BCUT2D eigenvalue weighted by Gasteiger charge is -2.26. The van der Waals surface area contributed by atoms with Gasteiger partial charge in [0.1, 0.15) is 18.1 Å². The van der Waals surface area contributed by atoms with Gasteiger partial charge in [-0.15, -0.1) is 0 Å². The zero-order valence-electron chi connectivity index (χ0n) is 21.6. The maximum atomic E-state index is 13.1. The molecule has 14 heteroatoms. The number of guanidine groups is 1. The molecule has 0 aliphatic heterocycles. The quantitative estimate of drug-likeness (QED) is 0.0642. The number of carboxylic acids is 1. The van der Waals surface area contributed by atoms with E-state index >= 15 is 0 Å². The number of rotatable bonds is 16. The largest absolute Gasteiger partial charge is 0.480 e. The van der Waals surface area contributed by atoms with Crippen molar-refractivity contribution < 1.29 is 29.1 Å². The molecule has 0 spiro atoms. The van der Waals surface area contributed by atoms with Crippen molar-refractivity contribution in [3.05, 3.63) is 35.9 Å². The van der Waals surface area contributed by atoms with E-state index in [2.05, 4.69) is 20.9 Å². The van der Waals surface area contributed by atoms with Crippen LogP contribution in [0.3, 0.4) is 0 Å². The second-order valence-corrected chi connectivity index (χ2v) is 9.11. The summed E-state index contributed by atoms with van der Waals surface area (Å²) in [6.45, 7) is 3.50. The van der Waals surface area contributed by atoms with Crippen molar-refractivity contribution in [1.29, 1.82) is 0 Å². The van der Waals surface area contributed by atoms with Crippen molar-refractivity contribution in [2.45, 2.75) is 63.7 Å². The fourth-order valence-electron chi connectivity index (χ4n) is 3.44. The number of aliphatic imine (C=N–C) groups is 1. The lowest BCUT2D eigenvalue weighted by Crippen LogP contribution is -2.58. The Kier molecular flexibility index (Phi) is 13.2. The molecule has 1 aromatic carbocycles. The smallest absolute Gasteiger partial charge is 0.326 e. The second-order valence-electron chi connectivity index (χ2n) is 9.11. The van der Waals surface area contributed by atoms with Crippen molar-refractivity contribution >= 4 is 35.6 Å². The second kappa shape index (κ2) is 15.8. The molecule has 12 N–H and O–H groups in total. The van der Waals surface area contributed by atoms with Gasteiger partial charge in [0.2, 0.25) is 23.6 Å². The molecule has 210 valence electrons. The summed E-state index contributed by atoms with van der Waals surface area (Å²) in [6.07, 6.45) is 0.0452. The lowest BCUT2D eigenvalue weighted by atomic mass is 10.0. The van der Waals surface area contributed by atoms with E-state index in [9.17, 15) is 29.1 Å². The first-order chi connectivity index (χ1) is 17.8. The Labute approximate surface area is 221 Å². The molecule has 4 unspecified atom stereocenters. The van der Waals surface area contributed by atoms with Gasteiger partial charge in [0.25, 0.3) is 0 Å². The molecule has 0 saturated heterocycles. The molecule has 0 bridgehead atoms. The van der Waals surface area contributed by atoms with E-state index < -0.39 is 66.1 Å². The van der Waals surface area contributed by atoms with Crippen LogP contribution in [0.25, 0.3) is 0 Å².